The predicted octanol–water partition coefficient (Wildman–Crippen LogP) is 2.81. The van der Waals surface area contributed by atoms with Crippen molar-refractivity contribution in [3.05, 3.63) is 34.9 Å². The maximum atomic E-state index is 11.7. The highest BCUT2D eigenvalue weighted by Crippen LogP contribution is 2.17. The average Bonchev–Trinajstić information content (AvgIpc) is 2.36. The molecule has 0 bridgehead atoms. The van der Waals surface area contributed by atoms with Crippen molar-refractivity contribution in [1.82, 2.24) is 10.6 Å². The van der Waals surface area contributed by atoms with Gasteiger partial charge in [0.15, 0.2) is 0 Å². The van der Waals surface area contributed by atoms with Crippen molar-refractivity contribution >= 4 is 23.6 Å². The van der Waals surface area contributed by atoms with Gasteiger partial charge < -0.3 is 15.7 Å². The summed E-state index contributed by atoms with van der Waals surface area (Å²) in [5, 5.41) is 14.8. The van der Waals surface area contributed by atoms with Gasteiger partial charge in [0.05, 0.1) is 11.5 Å². The maximum Gasteiger partial charge on any atom is 0.315 e. The molecule has 0 aliphatic carbocycles. The van der Waals surface area contributed by atoms with Crippen molar-refractivity contribution in [3.8, 4) is 0 Å². The van der Waals surface area contributed by atoms with Gasteiger partial charge in [-0.05, 0) is 38.5 Å². The number of urea groups is 1. The molecule has 1 aromatic carbocycles. The first-order chi connectivity index (χ1) is 9.22. The van der Waals surface area contributed by atoms with Crippen LogP contribution >= 0.6 is 11.6 Å². The molecule has 0 radical (unpaired) electrons. The van der Waals surface area contributed by atoms with Crippen molar-refractivity contribution in [2.45, 2.75) is 26.8 Å². The predicted molar refractivity (Wildman–Crippen MR) is 77.8 cm³/mol. The van der Waals surface area contributed by atoms with Gasteiger partial charge >= 0.3 is 12.0 Å². The Hall–Kier alpha value is -1.75. The van der Waals surface area contributed by atoms with Crippen LogP contribution in [0.25, 0.3) is 0 Å². The fourth-order valence-electron chi connectivity index (χ4n) is 1.48. The summed E-state index contributed by atoms with van der Waals surface area (Å²) >= 11 is 5.89. The zero-order chi connectivity index (χ0) is 15.3. The molecule has 1 aromatic rings. The number of benzene rings is 1. The summed E-state index contributed by atoms with van der Waals surface area (Å²) in [6.45, 7) is 4.98. The Balaban J connectivity index is 2.52. The van der Waals surface area contributed by atoms with Gasteiger partial charge in [0.1, 0.15) is 0 Å². The van der Waals surface area contributed by atoms with E-state index in [2.05, 4.69) is 10.6 Å². The second-order valence-corrected chi connectivity index (χ2v) is 5.73. The van der Waals surface area contributed by atoms with Crippen LogP contribution in [-0.4, -0.2) is 23.7 Å². The van der Waals surface area contributed by atoms with Crippen LogP contribution in [0, 0.1) is 5.41 Å². The third-order valence-corrected chi connectivity index (χ3v) is 3.20. The van der Waals surface area contributed by atoms with E-state index in [0.717, 1.165) is 5.56 Å². The minimum atomic E-state index is -1.00. The minimum absolute atomic E-state index is 0.0520. The Morgan fingerprint density at radius 1 is 1.40 bits per heavy atom. The number of aliphatic carboxylic acids is 1. The molecule has 0 aromatic heterocycles. The summed E-state index contributed by atoms with van der Waals surface area (Å²) in [7, 11) is 0. The van der Waals surface area contributed by atoms with Crippen LogP contribution in [0.2, 0.25) is 5.02 Å². The van der Waals surface area contributed by atoms with Gasteiger partial charge in [-0.1, -0.05) is 23.7 Å². The molecule has 20 heavy (non-hydrogen) atoms. The lowest BCUT2D eigenvalue weighted by Crippen LogP contribution is -2.44. The zero-order valence-electron chi connectivity index (χ0n) is 11.7. The third-order valence-electron chi connectivity index (χ3n) is 2.97. The highest BCUT2D eigenvalue weighted by molar-refractivity contribution is 6.30. The summed E-state index contributed by atoms with van der Waals surface area (Å²) in [4.78, 5) is 22.7. The highest BCUT2D eigenvalue weighted by Gasteiger charge is 2.27. The molecule has 1 rings (SSSR count). The lowest BCUT2D eigenvalue weighted by molar-refractivity contribution is -0.146. The lowest BCUT2D eigenvalue weighted by atomic mass is 9.94. The Bertz CT molecular complexity index is 503. The summed E-state index contributed by atoms with van der Waals surface area (Å²) in [5.41, 5.74) is -0.124. The first-order valence-corrected chi connectivity index (χ1v) is 6.63. The fraction of sp³-hybridized carbons (Fsp3) is 0.429. The SMILES string of the molecule is CC(NC(=O)NCC(C)(C)C(=O)O)c1cccc(Cl)c1. The molecule has 0 aliphatic heterocycles. The molecule has 0 spiro atoms. The van der Waals surface area contributed by atoms with Gasteiger partial charge in [-0.2, -0.15) is 0 Å². The number of carbonyl (C=O) groups excluding carboxylic acids is 1. The first-order valence-electron chi connectivity index (χ1n) is 6.25. The van der Waals surface area contributed by atoms with Crippen LogP contribution in [0.3, 0.4) is 0 Å². The van der Waals surface area contributed by atoms with Gasteiger partial charge in [-0.25, -0.2) is 4.79 Å². The number of carboxylic acid groups (broad SMARTS) is 1. The van der Waals surface area contributed by atoms with Crippen LogP contribution in [0.4, 0.5) is 4.79 Å². The third kappa shape index (κ3) is 4.74. The monoisotopic (exact) mass is 298 g/mol. The summed E-state index contributed by atoms with van der Waals surface area (Å²) in [5.74, 6) is -0.958. The largest absolute Gasteiger partial charge is 0.481 e. The smallest absolute Gasteiger partial charge is 0.315 e. The molecule has 0 aliphatic rings. The van der Waals surface area contributed by atoms with Gasteiger partial charge in [-0.15, -0.1) is 0 Å². The van der Waals surface area contributed by atoms with Crippen LogP contribution in [0.1, 0.15) is 32.4 Å². The van der Waals surface area contributed by atoms with Gasteiger partial charge in [0.25, 0.3) is 0 Å². The maximum absolute atomic E-state index is 11.7. The number of hydrogen-bond donors (Lipinski definition) is 3. The average molecular weight is 299 g/mol. The Kier molecular flexibility index (Phi) is 5.39. The van der Waals surface area contributed by atoms with Crippen molar-refractivity contribution in [3.63, 3.8) is 0 Å². The van der Waals surface area contributed by atoms with E-state index >= 15 is 0 Å². The molecule has 6 heteroatoms. The second kappa shape index (κ2) is 6.61. The van der Waals surface area contributed by atoms with E-state index in [1.807, 2.05) is 13.0 Å². The summed E-state index contributed by atoms with van der Waals surface area (Å²) in [6, 6.07) is 6.56. The van der Waals surface area contributed by atoms with Crippen LogP contribution in [0.15, 0.2) is 24.3 Å². The molecule has 0 saturated carbocycles. The molecular formula is C14H19ClN2O3. The Labute approximate surface area is 123 Å². The Morgan fingerprint density at radius 3 is 2.60 bits per heavy atom. The van der Waals surface area contributed by atoms with Crippen LogP contribution < -0.4 is 10.6 Å². The molecule has 1 unspecified atom stereocenters. The molecule has 0 saturated heterocycles. The van der Waals surface area contributed by atoms with Crippen LogP contribution in [-0.2, 0) is 4.79 Å². The van der Waals surface area contributed by atoms with E-state index in [4.69, 9.17) is 16.7 Å². The van der Waals surface area contributed by atoms with Gasteiger partial charge in [0.2, 0.25) is 0 Å². The molecule has 0 fully saturated rings. The number of carboxylic acids is 1. The highest BCUT2D eigenvalue weighted by atomic mass is 35.5. The van der Waals surface area contributed by atoms with E-state index in [1.165, 1.54) is 0 Å². The molecule has 3 N–H and O–H groups in total. The molecule has 5 nitrogen and oxygen atoms in total. The van der Waals surface area contributed by atoms with Gasteiger partial charge in [-0.3, -0.25) is 4.79 Å². The summed E-state index contributed by atoms with van der Waals surface area (Å²) < 4.78 is 0. The van der Waals surface area contributed by atoms with Crippen molar-refractivity contribution in [2.24, 2.45) is 5.41 Å². The number of rotatable bonds is 5. The first kappa shape index (κ1) is 16.3. The second-order valence-electron chi connectivity index (χ2n) is 5.29. The molecule has 0 heterocycles. The fourth-order valence-corrected chi connectivity index (χ4v) is 1.68. The number of nitrogens with one attached hydrogen (secondary N) is 2. The topological polar surface area (TPSA) is 78.4 Å². The minimum Gasteiger partial charge on any atom is -0.481 e. The number of carbonyl (C=O) groups is 2. The normalized spacial score (nSPS) is 12.6. The van der Waals surface area contributed by atoms with Gasteiger partial charge in [0, 0.05) is 11.6 Å². The molecule has 1 atom stereocenters. The number of halogens is 1. The van der Waals surface area contributed by atoms with E-state index in [1.54, 1.807) is 32.0 Å². The standard InChI is InChI=1S/C14H19ClN2O3/c1-9(10-5-4-6-11(15)7-10)17-13(20)16-8-14(2,3)12(18)19/h4-7,9H,8H2,1-3H3,(H,18,19)(H2,16,17,20). The summed E-state index contributed by atoms with van der Waals surface area (Å²) in [6.07, 6.45) is 0. The van der Waals surface area contributed by atoms with E-state index < -0.39 is 17.4 Å². The van der Waals surface area contributed by atoms with E-state index in [0.29, 0.717) is 5.02 Å². The van der Waals surface area contributed by atoms with Crippen molar-refractivity contribution < 1.29 is 14.7 Å². The van der Waals surface area contributed by atoms with Crippen LogP contribution in [0.5, 0.6) is 0 Å². The zero-order valence-corrected chi connectivity index (χ0v) is 12.5. The van der Waals surface area contributed by atoms with Crippen molar-refractivity contribution in [1.29, 1.82) is 0 Å². The molecule has 2 amide bonds. The molecular weight excluding hydrogens is 280 g/mol. The number of hydrogen-bond acceptors (Lipinski definition) is 2. The quantitative estimate of drug-likeness (QED) is 0.782. The van der Waals surface area contributed by atoms with E-state index in [-0.39, 0.29) is 12.6 Å². The molecule has 110 valence electrons. The van der Waals surface area contributed by atoms with Crippen molar-refractivity contribution in [2.75, 3.05) is 6.54 Å². The number of amides is 2. The Morgan fingerprint density at radius 2 is 2.05 bits per heavy atom. The van der Waals surface area contributed by atoms with E-state index in [9.17, 15) is 9.59 Å². The lowest BCUT2D eigenvalue weighted by Gasteiger charge is -2.21.